The summed E-state index contributed by atoms with van der Waals surface area (Å²) >= 11 is 5.98. The molecule has 0 saturated heterocycles. The normalized spacial score (nSPS) is 13.2. The molecule has 1 N–H and O–H groups in total. The molecule has 0 aliphatic heterocycles. The van der Waals surface area contributed by atoms with E-state index in [2.05, 4.69) is 32.9 Å². The van der Waals surface area contributed by atoms with Crippen LogP contribution in [0.3, 0.4) is 0 Å². The van der Waals surface area contributed by atoms with Crippen LogP contribution in [0.5, 0.6) is 0 Å². The van der Waals surface area contributed by atoms with E-state index in [0.29, 0.717) is 12.0 Å². The van der Waals surface area contributed by atoms with Crippen molar-refractivity contribution in [1.82, 2.24) is 0 Å². The van der Waals surface area contributed by atoms with E-state index < -0.39 is 11.9 Å². The van der Waals surface area contributed by atoms with E-state index in [1.54, 1.807) is 0 Å². The third-order valence-electron chi connectivity index (χ3n) is 3.57. The van der Waals surface area contributed by atoms with E-state index in [4.69, 9.17) is 11.6 Å². The highest BCUT2D eigenvalue weighted by molar-refractivity contribution is 6.31. The first-order valence-corrected chi connectivity index (χ1v) is 7.37. The number of aliphatic hydroxyl groups is 1. The monoisotopic (exact) mass is 306 g/mol. The predicted molar refractivity (Wildman–Crippen MR) is 85.2 cm³/mol. The number of halogens is 2. The number of hydrogen-bond acceptors (Lipinski definition) is 1. The molecule has 0 fully saturated rings. The third kappa shape index (κ3) is 4.05. The zero-order chi connectivity index (χ0) is 15.6. The Hall–Kier alpha value is -1.38. The Bertz CT molecular complexity index is 614. The molecule has 0 aliphatic carbocycles. The Balaban J connectivity index is 2.14. The largest absolute Gasteiger partial charge is 0.388 e. The van der Waals surface area contributed by atoms with Gasteiger partial charge in [0.25, 0.3) is 0 Å². The lowest BCUT2D eigenvalue weighted by Gasteiger charge is -2.19. The van der Waals surface area contributed by atoms with Crippen LogP contribution in [-0.2, 0) is 11.8 Å². The van der Waals surface area contributed by atoms with Crippen molar-refractivity contribution in [2.75, 3.05) is 0 Å². The number of rotatable bonds is 3. The summed E-state index contributed by atoms with van der Waals surface area (Å²) in [6.07, 6.45) is -0.283. The van der Waals surface area contributed by atoms with Crippen LogP contribution in [0.1, 0.15) is 43.6 Å². The molecule has 1 atom stereocenters. The van der Waals surface area contributed by atoms with E-state index in [9.17, 15) is 9.50 Å². The van der Waals surface area contributed by atoms with E-state index in [0.717, 1.165) is 5.56 Å². The van der Waals surface area contributed by atoms with Crippen LogP contribution >= 0.6 is 11.6 Å². The first-order chi connectivity index (χ1) is 9.77. The summed E-state index contributed by atoms with van der Waals surface area (Å²) < 4.78 is 13.0. The number of benzene rings is 2. The van der Waals surface area contributed by atoms with Gasteiger partial charge >= 0.3 is 0 Å². The van der Waals surface area contributed by atoms with Crippen LogP contribution in [0.25, 0.3) is 0 Å². The second kappa shape index (κ2) is 6.17. The molecule has 0 aromatic heterocycles. The fourth-order valence-electron chi connectivity index (χ4n) is 2.25. The molecule has 0 radical (unpaired) electrons. The molecule has 0 heterocycles. The zero-order valence-corrected chi connectivity index (χ0v) is 13.3. The second-order valence-electron chi connectivity index (χ2n) is 6.33. The van der Waals surface area contributed by atoms with Crippen molar-refractivity contribution in [2.24, 2.45) is 0 Å². The highest BCUT2D eigenvalue weighted by Crippen LogP contribution is 2.28. The molecule has 0 aliphatic rings. The van der Waals surface area contributed by atoms with Gasteiger partial charge in [-0.2, -0.15) is 0 Å². The molecule has 0 bridgehead atoms. The van der Waals surface area contributed by atoms with E-state index in [1.807, 2.05) is 12.1 Å². The topological polar surface area (TPSA) is 20.2 Å². The van der Waals surface area contributed by atoms with E-state index in [-0.39, 0.29) is 10.4 Å². The Labute approximate surface area is 130 Å². The smallest absolute Gasteiger partial charge is 0.124 e. The highest BCUT2D eigenvalue weighted by atomic mass is 35.5. The summed E-state index contributed by atoms with van der Waals surface area (Å²) in [5.74, 6) is -0.398. The summed E-state index contributed by atoms with van der Waals surface area (Å²) in [5.41, 5.74) is 2.94. The summed E-state index contributed by atoms with van der Waals surface area (Å²) in [4.78, 5) is 0. The molecule has 2 rings (SSSR count). The molecular weight excluding hydrogens is 287 g/mol. The maximum absolute atomic E-state index is 13.0. The fraction of sp³-hybridized carbons (Fsp3) is 0.333. The van der Waals surface area contributed by atoms with Crippen LogP contribution in [0, 0.1) is 5.82 Å². The van der Waals surface area contributed by atoms with Crippen molar-refractivity contribution < 1.29 is 9.50 Å². The molecule has 2 aromatic rings. The summed E-state index contributed by atoms with van der Waals surface area (Å²) in [6, 6.07) is 12.3. The molecule has 21 heavy (non-hydrogen) atoms. The Morgan fingerprint density at radius 3 is 2.24 bits per heavy atom. The lowest BCUT2D eigenvalue weighted by atomic mass is 9.86. The lowest BCUT2D eigenvalue weighted by molar-refractivity contribution is 0.178. The van der Waals surface area contributed by atoms with Crippen LogP contribution in [-0.4, -0.2) is 5.11 Å². The third-order valence-corrected chi connectivity index (χ3v) is 3.90. The van der Waals surface area contributed by atoms with Crippen molar-refractivity contribution in [3.8, 4) is 0 Å². The Kier molecular flexibility index (Phi) is 4.70. The van der Waals surface area contributed by atoms with Gasteiger partial charge in [-0.1, -0.05) is 62.7 Å². The molecule has 1 unspecified atom stereocenters. The Morgan fingerprint density at radius 1 is 1.10 bits per heavy atom. The maximum atomic E-state index is 13.0. The SMILES string of the molecule is CC(C)(C)c1ccc(CC(O)c2ccc(F)cc2Cl)cc1. The second-order valence-corrected chi connectivity index (χ2v) is 6.74. The van der Waals surface area contributed by atoms with Gasteiger partial charge in [0.1, 0.15) is 5.82 Å². The minimum atomic E-state index is -0.737. The summed E-state index contributed by atoms with van der Waals surface area (Å²) in [5, 5.41) is 10.5. The predicted octanol–water partition coefficient (Wildman–Crippen LogP) is 5.05. The van der Waals surface area contributed by atoms with Gasteiger partial charge in [-0.15, -0.1) is 0 Å². The fourth-order valence-corrected chi connectivity index (χ4v) is 2.54. The van der Waals surface area contributed by atoms with Crippen molar-refractivity contribution in [2.45, 2.75) is 38.7 Å². The molecule has 1 nitrogen and oxygen atoms in total. The minimum Gasteiger partial charge on any atom is -0.388 e. The molecule has 2 aromatic carbocycles. The quantitative estimate of drug-likeness (QED) is 0.841. The molecule has 3 heteroatoms. The first-order valence-electron chi connectivity index (χ1n) is 7.00. The molecule has 0 amide bonds. The van der Waals surface area contributed by atoms with Crippen molar-refractivity contribution in [1.29, 1.82) is 0 Å². The zero-order valence-electron chi connectivity index (χ0n) is 12.5. The van der Waals surface area contributed by atoms with Crippen LogP contribution in [0.15, 0.2) is 42.5 Å². The average molecular weight is 307 g/mol. The van der Waals surface area contributed by atoms with Gasteiger partial charge < -0.3 is 5.11 Å². The minimum absolute atomic E-state index is 0.109. The van der Waals surface area contributed by atoms with Gasteiger partial charge in [0, 0.05) is 11.4 Å². The molecular formula is C18H20ClFO. The number of hydrogen-bond donors (Lipinski definition) is 1. The van der Waals surface area contributed by atoms with Gasteiger partial charge in [0.2, 0.25) is 0 Å². The maximum Gasteiger partial charge on any atom is 0.124 e. The molecule has 0 saturated carbocycles. The average Bonchev–Trinajstić information content (AvgIpc) is 2.38. The van der Waals surface area contributed by atoms with Crippen LogP contribution in [0.4, 0.5) is 4.39 Å². The van der Waals surface area contributed by atoms with Gasteiger partial charge in [0.05, 0.1) is 6.10 Å². The van der Waals surface area contributed by atoms with Crippen molar-refractivity contribution in [3.63, 3.8) is 0 Å². The summed E-state index contributed by atoms with van der Waals surface area (Å²) in [6.45, 7) is 6.49. The van der Waals surface area contributed by atoms with Gasteiger partial charge in [-0.25, -0.2) is 4.39 Å². The Morgan fingerprint density at radius 2 is 1.71 bits per heavy atom. The summed E-state index contributed by atoms with van der Waals surface area (Å²) in [7, 11) is 0. The molecule has 112 valence electrons. The van der Waals surface area contributed by atoms with E-state index in [1.165, 1.54) is 23.8 Å². The highest BCUT2D eigenvalue weighted by Gasteiger charge is 2.15. The lowest BCUT2D eigenvalue weighted by Crippen LogP contribution is -2.11. The molecule has 0 spiro atoms. The van der Waals surface area contributed by atoms with Gasteiger partial charge in [-0.3, -0.25) is 0 Å². The van der Waals surface area contributed by atoms with Gasteiger partial charge in [0.15, 0.2) is 0 Å². The standard InChI is InChI=1S/C18H20ClFO/c1-18(2,3)13-6-4-12(5-7-13)10-17(21)15-9-8-14(20)11-16(15)19/h4-9,11,17,21H,10H2,1-3H3. The van der Waals surface area contributed by atoms with Crippen molar-refractivity contribution in [3.05, 3.63) is 70.0 Å². The van der Waals surface area contributed by atoms with Gasteiger partial charge in [-0.05, 0) is 34.2 Å². The number of aliphatic hydroxyl groups excluding tert-OH is 1. The van der Waals surface area contributed by atoms with Crippen molar-refractivity contribution >= 4 is 11.6 Å². The van der Waals surface area contributed by atoms with Crippen LogP contribution < -0.4 is 0 Å². The first kappa shape index (κ1) is 16.0. The van der Waals surface area contributed by atoms with E-state index >= 15 is 0 Å². The van der Waals surface area contributed by atoms with Crippen LogP contribution in [0.2, 0.25) is 5.02 Å².